The van der Waals surface area contributed by atoms with E-state index in [0.29, 0.717) is 24.4 Å². The van der Waals surface area contributed by atoms with Crippen LogP contribution in [0.25, 0.3) is 0 Å². The number of hydrogen-bond donors (Lipinski definition) is 1. The third-order valence-electron chi connectivity index (χ3n) is 6.08. The predicted octanol–water partition coefficient (Wildman–Crippen LogP) is 3.66. The standard InChI is InChI=1S/C27H39N3O5S/c1-8-24(27(32)28-16-19(2)3)29(17-22-12-10-13-23(15-22)35-6)26(31)18-30(36(7,33)34)25-14-9-11-20(4)21(25)5/h9-15,19,24H,8,16-18H2,1-7H3,(H,28,32). The average Bonchev–Trinajstić information content (AvgIpc) is 2.82. The van der Waals surface area contributed by atoms with Crippen LogP contribution in [0, 0.1) is 19.8 Å². The van der Waals surface area contributed by atoms with Crippen molar-refractivity contribution in [3.05, 3.63) is 59.2 Å². The Kier molecular flexibility index (Phi) is 10.3. The molecule has 1 unspecified atom stereocenters. The molecule has 2 aromatic rings. The van der Waals surface area contributed by atoms with Crippen LogP contribution in [0.3, 0.4) is 0 Å². The van der Waals surface area contributed by atoms with Crippen LogP contribution in [0.5, 0.6) is 5.75 Å². The highest BCUT2D eigenvalue weighted by Gasteiger charge is 2.32. The summed E-state index contributed by atoms with van der Waals surface area (Å²) in [7, 11) is -2.22. The summed E-state index contributed by atoms with van der Waals surface area (Å²) in [5, 5.41) is 2.92. The van der Waals surface area contributed by atoms with Gasteiger partial charge in [0.25, 0.3) is 0 Å². The first-order chi connectivity index (χ1) is 16.9. The van der Waals surface area contributed by atoms with E-state index in [0.717, 1.165) is 27.3 Å². The van der Waals surface area contributed by atoms with Crippen molar-refractivity contribution in [1.82, 2.24) is 10.2 Å². The summed E-state index contributed by atoms with van der Waals surface area (Å²) < 4.78 is 32.0. The van der Waals surface area contributed by atoms with Gasteiger partial charge in [-0.3, -0.25) is 13.9 Å². The first-order valence-corrected chi connectivity index (χ1v) is 14.0. The van der Waals surface area contributed by atoms with Crippen LogP contribution >= 0.6 is 0 Å². The quantitative estimate of drug-likeness (QED) is 0.464. The van der Waals surface area contributed by atoms with Crippen molar-refractivity contribution in [3.8, 4) is 5.75 Å². The fraction of sp³-hybridized carbons (Fsp3) is 0.481. The van der Waals surface area contributed by atoms with E-state index >= 15 is 0 Å². The van der Waals surface area contributed by atoms with Crippen LogP contribution in [0.15, 0.2) is 42.5 Å². The van der Waals surface area contributed by atoms with Gasteiger partial charge in [-0.1, -0.05) is 45.0 Å². The SMILES string of the molecule is CCC(C(=O)NCC(C)C)N(Cc1cccc(OC)c1)C(=O)CN(c1cccc(C)c1C)S(C)(=O)=O. The zero-order valence-electron chi connectivity index (χ0n) is 22.4. The summed E-state index contributed by atoms with van der Waals surface area (Å²) in [6.07, 6.45) is 1.46. The molecule has 9 heteroatoms. The van der Waals surface area contributed by atoms with Gasteiger partial charge in [-0.25, -0.2) is 8.42 Å². The Balaban J connectivity index is 2.48. The number of aryl methyl sites for hydroxylation is 1. The molecule has 0 spiro atoms. The Hall–Kier alpha value is -3.07. The van der Waals surface area contributed by atoms with Crippen LogP contribution in [-0.2, 0) is 26.2 Å². The average molecular weight is 518 g/mol. The van der Waals surface area contributed by atoms with Gasteiger partial charge in [0.05, 0.1) is 19.1 Å². The van der Waals surface area contributed by atoms with E-state index in [1.54, 1.807) is 31.4 Å². The minimum absolute atomic E-state index is 0.133. The van der Waals surface area contributed by atoms with Crippen molar-refractivity contribution in [2.75, 3.05) is 30.8 Å². The van der Waals surface area contributed by atoms with Crippen LogP contribution < -0.4 is 14.4 Å². The number of rotatable bonds is 12. The predicted molar refractivity (Wildman–Crippen MR) is 144 cm³/mol. The van der Waals surface area contributed by atoms with Crippen molar-refractivity contribution < 1.29 is 22.7 Å². The second-order valence-electron chi connectivity index (χ2n) is 9.42. The molecule has 2 rings (SSSR count). The molecule has 2 amide bonds. The monoisotopic (exact) mass is 517 g/mol. The summed E-state index contributed by atoms with van der Waals surface area (Å²) in [4.78, 5) is 28.4. The van der Waals surface area contributed by atoms with Gasteiger partial charge in [0.1, 0.15) is 18.3 Å². The zero-order chi connectivity index (χ0) is 27.0. The van der Waals surface area contributed by atoms with E-state index in [-0.39, 0.29) is 18.4 Å². The van der Waals surface area contributed by atoms with E-state index in [1.807, 2.05) is 52.8 Å². The first kappa shape index (κ1) is 29.2. The number of methoxy groups -OCH3 is 1. The van der Waals surface area contributed by atoms with Crippen molar-refractivity contribution in [3.63, 3.8) is 0 Å². The van der Waals surface area contributed by atoms with Gasteiger partial charge in [0.15, 0.2) is 0 Å². The topological polar surface area (TPSA) is 96.0 Å². The van der Waals surface area contributed by atoms with E-state index in [4.69, 9.17) is 4.74 Å². The number of benzene rings is 2. The molecule has 0 fully saturated rings. The van der Waals surface area contributed by atoms with Crippen molar-refractivity contribution in [2.45, 2.75) is 53.6 Å². The number of anilines is 1. The van der Waals surface area contributed by atoms with Gasteiger partial charge < -0.3 is 15.0 Å². The largest absolute Gasteiger partial charge is 0.497 e. The maximum Gasteiger partial charge on any atom is 0.244 e. The summed E-state index contributed by atoms with van der Waals surface area (Å²) in [6.45, 7) is 9.75. The lowest BCUT2D eigenvalue weighted by atomic mass is 10.1. The molecule has 0 aliphatic heterocycles. The van der Waals surface area contributed by atoms with Crippen LogP contribution in [0.1, 0.15) is 43.9 Å². The Morgan fingerprint density at radius 3 is 2.33 bits per heavy atom. The Morgan fingerprint density at radius 1 is 1.08 bits per heavy atom. The second-order valence-corrected chi connectivity index (χ2v) is 11.3. The highest BCUT2D eigenvalue weighted by molar-refractivity contribution is 7.92. The molecule has 2 aromatic carbocycles. The van der Waals surface area contributed by atoms with Gasteiger partial charge in [-0.15, -0.1) is 0 Å². The third-order valence-corrected chi connectivity index (χ3v) is 7.21. The molecule has 1 N–H and O–H groups in total. The third kappa shape index (κ3) is 7.71. The van der Waals surface area contributed by atoms with Gasteiger partial charge in [0.2, 0.25) is 21.8 Å². The molecule has 0 heterocycles. The number of nitrogens with one attached hydrogen (secondary N) is 1. The number of carbonyl (C=O) groups excluding carboxylic acids is 2. The molecule has 0 saturated heterocycles. The van der Waals surface area contributed by atoms with Crippen LogP contribution in [0.4, 0.5) is 5.69 Å². The fourth-order valence-electron chi connectivity index (χ4n) is 3.91. The molecule has 1 atom stereocenters. The normalized spacial score (nSPS) is 12.2. The smallest absolute Gasteiger partial charge is 0.244 e. The molecule has 0 bridgehead atoms. The van der Waals surface area contributed by atoms with Crippen LogP contribution in [0.2, 0.25) is 0 Å². The maximum atomic E-state index is 13.8. The molecule has 0 radical (unpaired) electrons. The van der Waals surface area contributed by atoms with Crippen molar-refractivity contribution >= 4 is 27.5 Å². The summed E-state index contributed by atoms with van der Waals surface area (Å²) in [5.74, 6) is 0.153. The lowest BCUT2D eigenvalue weighted by molar-refractivity contribution is -0.140. The van der Waals surface area contributed by atoms with Gasteiger partial charge >= 0.3 is 0 Å². The Labute approximate surface area is 215 Å². The van der Waals surface area contributed by atoms with Gasteiger partial charge in [0, 0.05) is 13.1 Å². The molecule has 0 aliphatic rings. The fourth-order valence-corrected chi connectivity index (χ4v) is 4.81. The van der Waals surface area contributed by atoms with Crippen molar-refractivity contribution in [1.29, 1.82) is 0 Å². The van der Waals surface area contributed by atoms with Crippen molar-refractivity contribution in [2.24, 2.45) is 5.92 Å². The number of sulfonamides is 1. The lowest BCUT2D eigenvalue weighted by Gasteiger charge is -2.33. The molecule has 0 aliphatic carbocycles. The molecule has 198 valence electrons. The molecule has 36 heavy (non-hydrogen) atoms. The highest BCUT2D eigenvalue weighted by Crippen LogP contribution is 2.26. The van der Waals surface area contributed by atoms with Gasteiger partial charge in [-0.05, 0) is 61.1 Å². The summed E-state index contributed by atoms with van der Waals surface area (Å²) in [5.41, 5.74) is 2.91. The van der Waals surface area contributed by atoms with E-state index in [1.165, 1.54) is 4.90 Å². The number of ether oxygens (including phenoxy) is 1. The Bertz CT molecular complexity index is 1160. The molecular weight excluding hydrogens is 478 g/mol. The summed E-state index contributed by atoms with van der Waals surface area (Å²) >= 11 is 0. The van der Waals surface area contributed by atoms with E-state index in [2.05, 4.69) is 5.32 Å². The van der Waals surface area contributed by atoms with E-state index in [9.17, 15) is 18.0 Å². The Morgan fingerprint density at radius 2 is 1.75 bits per heavy atom. The minimum Gasteiger partial charge on any atom is -0.497 e. The number of hydrogen-bond acceptors (Lipinski definition) is 5. The summed E-state index contributed by atoms with van der Waals surface area (Å²) in [6, 6.07) is 11.9. The van der Waals surface area contributed by atoms with E-state index < -0.39 is 28.5 Å². The first-order valence-electron chi connectivity index (χ1n) is 12.1. The highest BCUT2D eigenvalue weighted by atomic mass is 32.2. The number of amides is 2. The molecule has 8 nitrogen and oxygen atoms in total. The number of carbonyl (C=O) groups is 2. The molecule has 0 aromatic heterocycles. The minimum atomic E-state index is -3.78. The van der Waals surface area contributed by atoms with Crippen LogP contribution in [-0.4, -0.2) is 57.6 Å². The van der Waals surface area contributed by atoms with Gasteiger partial charge in [-0.2, -0.15) is 0 Å². The second kappa shape index (κ2) is 12.8. The number of nitrogens with zero attached hydrogens (tertiary/aromatic N) is 2. The zero-order valence-corrected chi connectivity index (χ0v) is 23.2. The maximum absolute atomic E-state index is 13.8. The lowest BCUT2D eigenvalue weighted by Crippen LogP contribution is -2.52. The molecule has 0 saturated carbocycles. The molecular formula is C27H39N3O5S.